The van der Waals surface area contributed by atoms with Crippen LogP contribution in [0.5, 0.6) is 0 Å². The number of aromatic nitrogens is 1. The van der Waals surface area contributed by atoms with Crippen LogP contribution in [0.25, 0.3) is 0 Å². The molecule has 4 heteroatoms. The summed E-state index contributed by atoms with van der Waals surface area (Å²) < 4.78 is 0. The Morgan fingerprint density at radius 2 is 2.27 bits per heavy atom. The molecule has 0 saturated heterocycles. The lowest BCUT2D eigenvalue weighted by Gasteiger charge is -2.18. The first-order chi connectivity index (χ1) is 7.09. The zero-order chi connectivity index (χ0) is 11.3. The van der Waals surface area contributed by atoms with E-state index in [0.717, 1.165) is 23.7 Å². The van der Waals surface area contributed by atoms with E-state index >= 15 is 0 Å². The van der Waals surface area contributed by atoms with Crippen LogP contribution in [0.1, 0.15) is 12.5 Å². The van der Waals surface area contributed by atoms with Crippen molar-refractivity contribution in [2.24, 2.45) is 0 Å². The summed E-state index contributed by atoms with van der Waals surface area (Å²) in [6.45, 7) is 3.97. The molecule has 0 saturated carbocycles. The van der Waals surface area contributed by atoms with Crippen molar-refractivity contribution in [1.82, 2.24) is 15.2 Å². The van der Waals surface area contributed by atoms with Gasteiger partial charge in [0.15, 0.2) is 0 Å². The summed E-state index contributed by atoms with van der Waals surface area (Å²) in [6.07, 6.45) is 3.44. The van der Waals surface area contributed by atoms with Crippen LogP contribution in [-0.4, -0.2) is 36.6 Å². The molecular formula is C11H18ClN3. The predicted molar refractivity (Wildman–Crippen MR) is 64.1 cm³/mol. The number of pyridine rings is 1. The van der Waals surface area contributed by atoms with E-state index < -0.39 is 0 Å². The van der Waals surface area contributed by atoms with E-state index in [1.165, 1.54) is 0 Å². The van der Waals surface area contributed by atoms with Gasteiger partial charge in [-0.1, -0.05) is 11.6 Å². The van der Waals surface area contributed by atoms with Crippen LogP contribution < -0.4 is 5.32 Å². The predicted octanol–water partition coefficient (Wildman–Crippen LogP) is 1.77. The van der Waals surface area contributed by atoms with Gasteiger partial charge in [-0.05, 0) is 32.6 Å². The van der Waals surface area contributed by atoms with Gasteiger partial charge in [-0.15, -0.1) is 0 Å². The monoisotopic (exact) mass is 227 g/mol. The molecular weight excluding hydrogens is 210 g/mol. The largest absolute Gasteiger partial charge is 0.309 e. The Morgan fingerprint density at radius 3 is 2.87 bits per heavy atom. The molecule has 0 aromatic carbocycles. The molecule has 1 aromatic rings. The summed E-state index contributed by atoms with van der Waals surface area (Å²) >= 11 is 6.00. The van der Waals surface area contributed by atoms with Gasteiger partial charge in [-0.3, -0.25) is 4.98 Å². The Bertz CT molecular complexity index is 302. The summed E-state index contributed by atoms with van der Waals surface area (Å²) in [5.74, 6) is 0. The average molecular weight is 228 g/mol. The van der Waals surface area contributed by atoms with E-state index in [-0.39, 0.29) is 0 Å². The van der Waals surface area contributed by atoms with Gasteiger partial charge < -0.3 is 10.2 Å². The molecule has 1 N–H and O–H groups in total. The van der Waals surface area contributed by atoms with Gasteiger partial charge in [0.2, 0.25) is 0 Å². The lowest BCUT2D eigenvalue weighted by Crippen LogP contribution is -2.35. The molecule has 84 valence electrons. The van der Waals surface area contributed by atoms with E-state index in [4.69, 9.17) is 11.6 Å². The average Bonchev–Trinajstić information content (AvgIpc) is 2.15. The van der Waals surface area contributed by atoms with Gasteiger partial charge in [-0.25, -0.2) is 0 Å². The van der Waals surface area contributed by atoms with Crippen molar-refractivity contribution < 1.29 is 0 Å². The molecule has 0 aliphatic rings. The molecule has 0 amide bonds. The maximum absolute atomic E-state index is 6.00. The van der Waals surface area contributed by atoms with Gasteiger partial charge in [0, 0.05) is 31.5 Å². The molecule has 1 heterocycles. The Balaban J connectivity index is 2.40. The van der Waals surface area contributed by atoms with E-state index in [0.29, 0.717) is 6.04 Å². The fourth-order valence-corrected chi connectivity index (χ4v) is 1.63. The fraction of sp³-hybridized carbons (Fsp3) is 0.545. The zero-order valence-corrected chi connectivity index (χ0v) is 10.3. The first-order valence-electron chi connectivity index (χ1n) is 5.06. The molecule has 1 unspecified atom stereocenters. The van der Waals surface area contributed by atoms with Crippen LogP contribution in [0, 0.1) is 0 Å². The van der Waals surface area contributed by atoms with Gasteiger partial charge in [0.1, 0.15) is 0 Å². The van der Waals surface area contributed by atoms with Crippen molar-refractivity contribution in [2.45, 2.75) is 19.5 Å². The number of nitrogens with one attached hydrogen (secondary N) is 1. The standard InChI is InChI=1S/C11H18ClN3/c1-9(8-15(2)3)14-6-10-4-5-13-7-11(10)12/h4-5,7,9,14H,6,8H2,1-3H3. The molecule has 15 heavy (non-hydrogen) atoms. The second kappa shape index (κ2) is 6.05. The number of likely N-dealkylation sites (N-methyl/N-ethyl adjacent to an activating group) is 1. The van der Waals surface area contributed by atoms with Gasteiger partial charge in [0.05, 0.1) is 5.02 Å². The summed E-state index contributed by atoms with van der Waals surface area (Å²) in [7, 11) is 4.13. The smallest absolute Gasteiger partial charge is 0.0634 e. The minimum atomic E-state index is 0.448. The molecule has 0 aliphatic heterocycles. The van der Waals surface area contributed by atoms with Crippen molar-refractivity contribution in [3.05, 3.63) is 29.0 Å². The number of rotatable bonds is 5. The molecule has 0 fully saturated rings. The second-order valence-corrected chi connectivity index (χ2v) is 4.42. The molecule has 0 bridgehead atoms. The highest BCUT2D eigenvalue weighted by molar-refractivity contribution is 6.31. The van der Waals surface area contributed by atoms with Crippen LogP contribution in [-0.2, 0) is 6.54 Å². The summed E-state index contributed by atoms with van der Waals surface area (Å²) in [5.41, 5.74) is 1.09. The minimum Gasteiger partial charge on any atom is -0.309 e. The topological polar surface area (TPSA) is 28.2 Å². The van der Waals surface area contributed by atoms with E-state index in [1.807, 2.05) is 6.07 Å². The third kappa shape index (κ3) is 4.60. The van der Waals surface area contributed by atoms with Crippen molar-refractivity contribution in [3.8, 4) is 0 Å². The summed E-state index contributed by atoms with van der Waals surface area (Å²) in [6, 6.07) is 2.39. The maximum atomic E-state index is 6.00. The van der Waals surface area contributed by atoms with Crippen LogP contribution in [0.4, 0.5) is 0 Å². The first kappa shape index (κ1) is 12.4. The first-order valence-corrected chi connectivity index (χ1v) is 5.44. The normalized spacial score (nSPS) is 13.1. The number of hydrogen-bond acceptors (Lipinski definition) is 3. The number of nitrogens with zero attached hydrogens (tertiary/aromatic N) is 2. The molecule has 0 spiro atoms. The Morgan fingerprint density at radius 1 is 1.53 bits per heavy atom. The van der Waals surface area contributed by atoms with E-state index in [2.05, 4.69) is 36.2 Å². The maximum Gasteiger partial charge on any atom is 0.0634 e. The molecule has 0 aliphatic carbocycles. The molecule has 3 nitrogen and oxygen atoms in total. The van der Waals surface area contributed by atoms with Crippen LogP contribution in [0.3, 0.4) is 0 Å². The highest BCUT2D eigenvalue weighted by Crippen LogP contribution is 2.12. The Kier molecular flexibility index (Phi) is 5.02. The van der Waals surface area contributed by atoms with Crippen molar-refractivity contribution in [3.63, 3.8) is 0 Å². The van der Waals surface area contributed by atoms with Gasteiger partial charge in [-0.2, -0.15) is 0 Å². The van der Waals surface area contributed by atoms with Crippen molar-refractivity contribution in [1.29, 1.82) is 0 Å². The lowest BCUT2D eigenvalue weighted by atomic mass is 10.2. The van der Waals surface area contributed by atoms with Crippen LogP contribution in [0.2, 0.25) is 5.02 Å². The Hall–Kier alpha value is -0.640. The van der Waals surface area contributed by atoms with Gasteiger partial charge in [0.25, 0.3) is 0 Å². The van der Waals surface area contributed by atoms with Crippen LogP contribution >= 0.6 is 11.6 Å². The number of hydrogen-bond donors (Lipinski definition) is 1. The molecule has 1 rings (SSSR count). The second-order valence-electron chi connectivity index (χ2n) is 4.01. The zero-order valence-electron chi connectivity index (χ0n) is 9.50. The van der Waals surface area contributed by atoms with Crippen molar-refractivity contribution in [2.75, 3.05) is 20.6 Å². The highest BCUT2D eigenvalue weighted by atomic mass is 35.5. The highest BCUT2D eigenvalue weighted by Gasteiger charge is 2.04. The fourth-order valence-electron chi connectivity index (χ4n) is 1.44. The van der Waals surface area contributed by atoms with Crippen LogP contribution in [0.15, 0.2) is 18.5 Å². The summed E-state index contributed by atoms with van der Waals surface area (Å²) in [4.78, 5) is 6.11. The van der Waals surface area contributed by atoms with Gasteiger partial charge >= 0.3 is 0 Å². The molecule has 1 aromatic heterocycles. The van der Waals surface area contributed by atoms with E-state index in [9.17, 15) is 0 Å². The Labute approximate surface area is 96.5 Å². The third-order valence-electron chi connectivity index (χ3n) is 2.14. The van der Waals surface area contributed by atoms with Crippen molar-refractivity contribution >= 4 is 11.6 Å². The summed E-state index contributed by atoms with van der Waals surface area (Å²) in [5, 5.41) is 4.14. The molecule has 1 atom stereocenters. The number of halogens is 1. The lowest BCUT2D eigenvalue weighted by molar-refractivity contribution is 0.349. The SMILES string of the molecule is CC(CN(C)C)NCc1ccncc1Cl. The third-order valence-corrected chi connectivity index (χ3v) is 2.48. The van der Waals surface area contributed by atoms with E-state index in [1.54, 1.807) is 12.4 Å². The minimum absolute atomic E-state index is 0.448. The quantitative estimate of drug-likeness (QED) is 0.831. The molecule has 0 radical (unpaired) electrons.